The number of nitrogens with one attached hydrogen (secondary N) is 2. The predicted molar refractivity (Wildman–Crippen MR) is 121 cm³/mol. The standard InChI is InChI=1S/2C11H17N3O.2ClHO4.2Cu/c2*12-5-6-13-7-8-14-9-10-3-1-2-4-11(10)15;2*2-1(3,4)5;;/h2*1-4,9,13,15H,5-8,12H2;2*(H,2,3,4,5);;/q;;;;2*+2/p-4. The first-order valence-electron chi connectivity index (χ1n) is 11.3. The Bertz CT molecular complexity index is 871. The molecule has 6 N–H and O–H groups in total. The van der Waals surface area contributed by atoms with Crippen molar-refractivity contribution in [2.24, 2.45) is 21.5 Å². The van der Waals surface area contributed by atoms with Gasteiger partial charge in [-0.3, -0.25) is 9.98 Å². The summed E-state index contributed by atoms with van der Waals surface area (Å²) in [5.74, 6) is 0.0207. The van der Waals surface area contributed by atoms with Crippen LogP contribution in [-0.4, -0.2) is 64.8 Å². The molecule has 0 unspecified atom stereocenters. The SMILES string of the molecule is NCCNCCN=Cc1ccccc1[O-].NCCNCCN=Cc1ccccc1[O-].[Cu+2].[Cu+2].[O-][Cl+3]([O-])([O-])[O-].[O-][Cl+3]([O-])([O-])[O-]. The van der Waals surface area contributed by atoms with E-state index in [0.717, 1.165) is 26.2 Å². The molecule has 246 valence electrons. The maximum Gasteiger partial charge on any atom is 2.00 e. The molecule has 0 aliphatic rings. The van der Waals surface area contributed by atoms with Crippen LogP contribution in [0.1, 0.15) is 11.1 Å². The molecule has 0 spiro atoms. The van der Waals surface area contributed by atoms with Crippen molar-refractivity contribution in [1.29, 1.82) is 0 Å². The Kier molecular flexibility index (Phi) is 33.4. The number of rotatable bonds is 12. The fourth-order valence-corrected chi connectivity index (χ4v) is 2.24. The molecule has 0 aliphatic carbocycles. The van der Waals surface area contributed by atoms with Crippen LogP contribution in [-0.2, 0) is 34.1 Å². The molecule has 2 aromatic carbocycles. The molecular formula is C22H32Cl2Cu2N6O10. The van der Waals surface area contributed by atoms with Gasteiger partial charge in [-0.1, -0.05) is 48.5 Å². The van der Waals surface area contributed by atoms with Crippen LogP contribution in [0.5, 0.6) is 11.5 Å². The zero-order valence-corrected chi connectivity index (χ0v) is 25.3. The third-order valence-electron chi connectivity index (χ3n) is 3.78. The number of nitrogens with zero attached hydrogens (tertiary/aromatic N) is 2. The van der Waals surface area contributed by atoms with Gasteiger partial charge in [0.2, 0.25) is 0 Å². The summed E-state index contributed by atoms with van der Waals surface area (Å²) in [5, 5.41) is 28.8. The van der Waals surface area contributed by atoms with Crippen molar-refractivity contribution in [2.45, 2.75) is 0 Å². The van der Waals surface area contributed by atoms with Gasteiger partial charge in [0.1, 0.15) is 0 Å². The van der Waals surface area contributed by atoms with Crippen molar-refractivity contribution in [3.05, 3.63) is 59.7 Å². The zero-order chi connectivity index (χ0) is 30.9. The van der Waals surface area contributed by atoms with Crippen LogP contribution in [0.4, 0.5) is 0 Å². The quantitative estimate of drug-likeness (QED) is 0.0893. The van der Waals surface area contributed by atoms with Gasteiger partial charge in [0, 0.05) is 51.7 Å². The van der Waals surface area contributed by atoms with Crippen molar-refractivity contribution in [2.75, 3.05) is 52.4 Å². The summed E-state index contributed by atoms with van der Waals surface area (Å²) in [5.41, 5.74) is 11.9. The van der Waals surface area contributed by atoms with Crippen LogP contribution in [0.2, 0.25) is 0 Å². The second-order valence-corrected chi connectivity index (χ2v) is 8.49. The average molecular weight is 739 g/mol. The van der Waals surface area contributed by atoms with Gasteiger partial charge in [-0.2, -0.15) is 0 Å². The summed E-state index contributed by atoms with van der Waals surface area (Å²) < 4.78 is 67.9. The Morgan fingerprint density at radius 1 is 0.571 bits per heavy atom. The first kappa shape index (κ1) is 47.4. The molecule has 2 radical (unpaired) electrons. The summed E-state index contributed by atoms with van der Waals surface area (Å²) >= 11 is 0. The minimum Gasteiger partial charge on any atom is -0.872 e. The minimum atomic E-state index is -4.94. The normalized spacial score (nSPS) is 10.7. The van der Waals surface area contributed by atoms with Gasteiger partial charge in [0.25, 0.3) is 0 Å². The molecule has 0 atom stereocenters. The maximum atomic E-state index is 11.3. The molecule has 0 amide bonds. The number of nitrogens with two attached hydrogens (primary N) is 2. The molecule has 2 rings (SSSR count). The molecule has 42 heavy (non-hydrogen) atoms. The van der Waals surface area contributed by atoms with E-state index in [1.165, 1.54) is 12.1 Å². The van der Waals surface area contributed by atoms with E-state index in [-0.39, 0.29) is 45.6 Å². The fraction of sp³-hybridized carbons (Fsp3) is 0.364. The molecule has 0 saturated carbocycles. The van der Waals surface area contributed by atoms with Gasteiger partial charge in [0.05, 0.1) is 13.1 Å². The van der Waals surface area contributed by atoms with Crippen molar-refractivity contribution in [3.8, 4) is 11.5 Å². The molecule has 2 aromatic rings. The summed E-state index contributed by atoms with van der Waals surface area (Å²) in [6.07, 6.45) is 3.24. The second kappa shape index (κ2) is 29.6. The zero-order valence-electron chi connectivity index (χ0n) is 21.9. The largest absolute Gasteiger partial charge is 2.00 e. The summed E-state index contributed by atoms with van der Waals surface area (Å²) in [4.78, 5) is 8.29. The second-order valence-electron chi connectivity index (χ2n) is 6.98. The molecular weight excluding hydrogens is 706 g/mol. The van der Waals surface area contributed by atoms with Crippen LogP contribution >= 0.6 is 0 Å². The maximum absolute atomic E-state index is 11.3. The molecule has 0 bridgehead atoms. The van der Waals surface area contributed by atoms with Crippen LogP contribution < -0.4 is 69.6 Å². The van der Waals surface area contributed by atoms with Crippen molar-refractivity contribution in [3.63, 3.8) is 0 Å². The molecule has 16 nitrogen and oxygen atoms in total. The number of para-hydroxylation sites is 2. The molecule has 0 saturated heterocycles. The van der Waals surface area contributed by atoms with Gasteiger partial charge >= 0.3 is 34.1 Å². The molecule has 0 heterocycles. The van der Waals surface area contributed by atoms with Gasteiger partial charge in [0.15, 0.2) is 0 Å². The number of aliphatic imine (C=N–C) groups is 2. The summed E-state index contributed by atoms with van der Waals surface area (Å²) in [6, 6.07) is 13.7. The number of halogens is 2. The van der Waals surface area contributed by atoms with Crippen LogP contribution in [0.3, 0.4) is 0 Å². The Morgan fingerprint density at radius 3 is 1.12 bits per heavy atom. The van der Waals surface area contributed by atoms with Gasteiger partial charge in [-0.15, -0.1) is 32.0 Å². The fourth-order valence-electron chi connectivity index (χ4n) is 2.24. The number of hydrogen-bond acceptors (Lipinski definition) is 16. The van der Waals surface area contributed by atoms with E-state index >= 15 is 0 Å². The van der Waals surface area contributed by atoms with E-state index in [1.54, 1.807) is 36.7 Å². The molecule has 0 aliphatic heterocycles. The Morgan fingerprint density at radius 2 is 0.857 bits per heavy atom. The van der Waals surface area contributed by atoms with Crippen LogP contribution in [0.25, 0.3) is 0 Å². The van der Waals surface area contributed by atoms with Gasteiger partial charge < -0.3 is 32.3 Å². The summed E-state index contributed by atoms with van der Waals surface area (Å²) in [7, 11) is -9.89. The van der Waals surface area contributed by atoms with Crippen LogP contribution in [0.15, 0.2) is 58.5 Å². The van der Waals surface area contributed by atoms with E-state index < -0.39 is 20.5 Å². The third kappa shape index (κ3) is 40.7. The third-order valence-corrected chi connectivity index (χ3v) is 3.78. The first-order valence-corrected chi connectivity index (χ1v) is 13.7. The Balaban J connectivity index is -0.000000252. The van der Waals surface area contributed by atoms with Crippen molar-refractivity contribution >= 4 is 12.4 Å². The molecule has 0 aromatic heterocycles. The van der Waals surface area contributed by atoms with E-state index in [4.69, 9.17) is 48.7 Å². The van der Waals surface area contributed by atoms with E-state index in [2.05, 4.69) is 20.6 Å². The van der Waals surface area contributed by atoms with Crippen molar-refractivity contribution < 1.29 is 102 Å². The average Bonchev–Trinajstić information content (AvgIpc) is 2.84. The van der Waals surface area contributed by atoms with E-state index in [0.29, 0.717) is 37.3 Å². The predicted octanol–water partition coefficient (Wildman–Crippen LogP) is -10.1. The topological polar surface area (TPSA) is 331 Å². The Labute approximate surface area is 269 Å². The van der Waals surface area contributed by atoms with E-state index in [9.17, 15) is 10.2 Å². The first-order chi connectivity index (χ1) is 18.7. The summed E-state index contributed by atoms with van der Waals surface area (Å²) in [6.45, 7) is 5.76. The minimum absolute atomic E-state index is 0. The van der Waals surface area contributed by atoms with Crippen molar-refractivity contribution in [1.82, 2.24) is 10.6 Å². The number of benzene rings is 2. The Hall–Kier alpha value is -1.48. The van der Waals surface area contributed by atoms with Gasteiger partial charge in [-0.25, -0.2) is 37.3 Å². The van der Waals surface area contributed by atoms with Gasteiger partial charge in [-0.05, 0) is 11.1 Å². The molecule has 20 heteroatoms. The smallest absolute Gasteiger partial charge is 0.872 e. The monoisotopic (exact) mass is 736 g/mol. The molecule has 0 fully saturated rings. The number of hydrogen-bond donors (Lipinski definition) is 4. The van der Waals surface area contributed by atoms with E-state index in [1.807, 2.05) is 12.1 Å². The van der Waals surface area contributed by atoms with Crippen LogP contribution in [0, 0.1) is 20.5 Å².